The van der Waals surface area contributed by atoms with E-state index in [4.69, 9.17) is 23.8 Å². The number of hydrogen-bond acceptors (Lipinski definition) is 4. The van der Waals surface area contributed by atoms with Crippen molar-refractivity contribution in [3.63, 3.8) is 0 Å². The van der Waals surface area contributed by atoms with Gasteiger partial charge in [0.2, 0.25) is 10.0 Å². The Hall–Kier alpha value is -2.27. The lowest BCUT2D eigenvalue weighted by Crippen LogP contribution is -2.50. The van der Waals surface area contributed by atoms with E-state index >= 15 is 0 Å². The number of halogens is 2. The van der Waals surface area contributed by atoms with Gasteiger partial charge < -0.3 is 14.9 Å². The Morgan fingerprint density at radius 1 is 1.10 bits per heavy atom. The molecule has 7 nitrogen and oxygen atoms in total. The van der Waals surface area contributed by atoms with E-state index in [1.54, 1.807) is 12.1 Å². The van der Waals surface area contributed by atoms with Crippen LogP contribution in [0.1, 0.15) is 10.4 Å². The summed E-state index contributed by atoms with van der Waals surface area (Å²) in [5, 5.41) is 0.149. The molecular weight excluding hydrogens is 439 g/mol. The summed E-state index contributed by atoms with van der Waals surface area (Å²) in [6.45, 7) is 0.569. The number of hydrogen-bond donors (Lipinski definition) is 2. The van der Waals surface area contributed by atoms with Crippen LogP contribution in [0.25, 0.3) is 11.0 Å². The molecule has 1 aliphatic heterocycles. The number of nitrogens with one attached hydrogen (secondary N) is 2. The number of benzene rings is 2. The number of sulfonamides is 1. The molecule has 1 fully saturated rings. The highest BCUT2D eigenvalue weighted by Gasteiger charge is 2.32. The number of nitrogens with zero attached hydrogens (tertiary/aromatic N) is 2. The summed E-state index contributed by atoms with van der Waals surface area (Å²) >= 11 is 11.1. The molecule has 0 atom stereocenters. The van der Waals surface area contributed by atoms with Crippen LogP contribution in [0, 0.1) is 10.6 Å². The van der Waals surface area contributed by atoms with Crippen LogP contribution >= 0.6 is 23.8 Å². The summed E-state index contributed by atoms with van der Waals surface area (Å²) in [5.74, 6) is -0.958. The lowest BCUT2D eigenvalue weighted by molar-refractivity contribution is 0.0699. The van der Waals surface area contributed by atoms with E-state index in [0.29, 0.717) is 11.0 Å². The van der Waals surface area contributed by atoms with E-state index in [1.807, 2.05) is 0 Å². The third kappa shape index (κ3) is 3.68. The van der Waals surface area contributed by atoms with Crippen molar-refractivity contribution in [1.82, 2.24) is 19.2 Å². The van der Waals surface area contributed by atoms with Gasteiger partial charge >= 0.3 is 0 Å². The molecule has 29 heavy (non-hydrogen) atoms. The van der Waals surface area contributed by atoms with Crippen molar-refractivity contribution in [2.24, 2.45) is 0 Å². The summed E-state index contributed by atoms with van der Waals surface area (Å²) in [6.07, 6.45) is 0. The molecule has 1 aromatic heterocycles. The predicted molar refractivity (Wildman–Crippen MR) is 110 cm³/mol. The van der Waals surface area contributed by atoms with Gasteiger partial charge in [-0.2, -0.15) is 4.31 Å². The number of imidazole rings is 1. The fraction of sp³-hybridized carbons (Fsp3) is 0.222. The topological polar surface area (TPSA) is 89.3 Å². The lowest BCUT2D eigenvalue weighted by atomic mass is 10.1. The van der Waals surface area contributed by atoms with Gasteiger partial charge in [0, 0.05) is 26.2 Å². The quantitative estimate of drug-likeness (QED) is 0.595. The largest absolute Gasteiger partial charge is 0.336 e. The fourth-order valence-corrected chi connectivity index (χ4v) is 5.50. The Kier molecular flexibility index (Phi) is 5.19. The number of carbonyl (C=O) groups excluding carboxylic acids is 1. The third-order valence-corrected chi connectivity index (χ3v) is 7.40. The molecule has 11 heteroatoms. The Morgan fingerprint density at radius 3 is 2.48 bits per heavy atom. The molecule has 2 N–H and O–H groups in total. The molecule has 152 valence electrons. The predicted octanol–water partition coefficient (Wildman–Crippen LogP) is 3.16. The minimum Gasteiger partial charge on any atom is -0.336 e. The van der Waals surface area contributed by atoms with Crippen molar-refractivity contribution in [3.05, 3.63) is 57.6 Å². The molecule has 1 saturated heterocycles. The summed E-state index contributed by atoms with van der Waals surface area (Å²) < 4.78 is 41.2. The van der Waals surface area contributed by atoms with Crippen LogP contribution in [0.5, 0.6) is 0 Å². The van der Waals surface area contributed by atoms with Gasteiger partial charge in [0.15, 0.2) is 4.77 Å². The molecule has 0 unspecified atom stereocenters. The molecular formula is C18H16ClFN4O3S2. The van der Waals surface area contributed by atoms with E-state index in [9.17, 15) is 17.6 Å². The highest BCUT2D eigenvalue weighted by molar-refractivity contribution is 7.89. The number of aromatic amines is 2. The zero-order valence-corrected chi connectivity index (χ0v) is 17.4. The number of rotatable bonds is 3. The van der Waals surface area contributed by atoms with Crippen LogP contribution in [0.3, 0.4) is 0 Å². The highest BCUT2D eigenvalue weighted by Crippen LogP contribution is 2.26. The van der Waals surface area contributed by atoms with Gasteiger partial charge in [-0.05, 0) is 36.5 Å². The number of fused-ring (bicyclic) bond motifs is 1. The first-order chi connectivity index (χ1) is 13.8. The van der Waals surface area contributed by atoms with E-state index in [2.05, 4.69) is 9.97 Å². The molecule has 0 bridgehead atoms. The molecule has 3 aromatic rings. The zero-order valence-electron chi connectivity index (χ0n) is 15.0. The second-order valence-corrected chi connectivity index (χ2v) is 9.30. The number of piperazine rings is 1. The summed E-state index contributed by atoms with van der Waals surface area (Å²) in [4.78, 5) is 20.1. The average Bonchev–Trinajstić information content (AvgIpc) is 3.07. The van der Waals surface area contributed by atoms with Gasteiger partial charge in [-0.25, -0.2) is 12.8 Å². The molecule has 2 heterocycles. The first-order valence-corrected chi connectivity index (χ1v) is 11.0. The Balaban J connectivity index is 1.55. The molecule has 0 aliphatic carbocycles. The van der Waals surface area contributed by atoms with Crippen LogP contribution in [-0.2, 0) is 10.0 Å². The van der Waals surface area contributed by atoms with Crippen molar-refractivity contribution in [1.29, 1.82) is 0 Å². The summed E-state index contributed by atoms with van der Waals surface area (Å²) in [5.41, 5.74) is 0.973. The van der Waals surface area contributed by atoms with Crippen molar-refractivity contribution in [2.45, 2.75) is 4.90 Å². The van der Waals surface area contributed by atoms with E-state index < -0.39 is 21.7 Å². The molecule has 4 rings (SSSR count). The lowest BCUT2D eigenvalue weighted by Gasteiger charge is -2.34. The second kappa shape index (κ2) is 7.52. The maximum atomic E-state index is 13.9. The standard InChI is InChI=1S/C18H16ClFN4O3S2/c19-13-3-1-2-4-15(13)29(26,27)24-7-5-23(6-8-24)17(25)12-9-11(20)10-14-16(12)22-18(28)21-14/h1-4,9-10H,5-8H2,(H2,21,22,28). The first kappa shape index (κ1) is 20.0. The van der Waals surface area contributed by atoms with Crippen molar-refractivity contribution in [2.75, 3.05) is 26.2 Å². The van der Waals surface area contributed by atoms with Crippen LogP contribution in [0.15, 0.2) is 41.3 Å². The Labute approximate surface area is 176 Å². The molecule has 0 saturated carbocycles. The smallest absolute Gasteiger partial charge is 0.256 e. The van der Waals surface area contributed by atoms with Gasteiger partial charge in [0.1, 0.15) is 10.7 Å². The van der Waals surface area contributed by atoms with Crippen molar-refractivity contribution in [3.8, 4) is 0 Å². The van der Waals surface area contributed by atoms with Crippen LogP contribution in [-0.4, -0.2) is 59.7 Å². The third-order valence-electron chi connectivity index (χ3n) is 4.80. The first-order valence-electron chi connectivity index (χ1n) is 8.73. The van der Waals surface area contributed by atoms with E-state index in [0.717, 1.165) is 6.07 Å². The van der Waals surface area contributed by atoms with Crippen LogP contribution in [0.2, 0.25) is 5.02 Å². The molecule has 0 radical (unpaired) electrons. The molecule has 1 aliphatic rings. The zero-order chi connectivity index (χ0) is 20.8. The van der Waals surface area contributed by atoms with Crippen molar-refractivity contribution < 1.29 is 17.6 Å². The maximum absolute atomic E-state index is 13.9. The number of aromatic nitrogens is 2. The van der Waals surface area contributed by atoms with Gasteiger partial charge in [0.05, 0.1) is 21.6 Å². The van der Waals surface area contributed by atoms with E-state index in [-0.39, 0.29) is 46.4 Å². The minimum atomic E-state index is -3.77. The molecule has 1 amide bonds. The highest BCUT2D eigenvalue weighted by atomic mass is 35.5. The number of amides is 1. The number of carbonyl (C=O) groups is 1. The summed E-state index contributed by atoms with van der Waals surface area (Å²) in [7, 11) is -3.77. The monoisotopic (exact) mass is 454 g/mol. The number of H-pyrrole nitrogens is 2. The fourth-order valence-electron chi connectivity index (χ4n) is 3.37. The minimum absolute atomic E-state index is 0.0354. The second-order valence-electron chi connectivity index (χ2n) is 6.58. The maximum Gasteiger partial charge on any atom is 0.256 e. The van der Waals surface area contributed by atoms with E-state index in [1.165, 1.54) is 27.4 Å². The van der Waals surface area contributed by atoms with Crippen LogP contribution in [0.4, 0.5) is 4.39 Å². The van der Waals surface area contributed by atoms with Crippen molar-refractivity contribution >= 4 is 50.8 Å². The average molecular weight is 455 g/mol. The summed E-state index contributed by atoms with van der Waals surface area (Å²) in [6, 6.07) is 8.64. The normalized spacial score (nSPS) is 15.7. The van der Waals surface area contributed by atoms with Gasteiger partial charge in [0.25, 0.3) is 5.91 Å². The Bertz CT molecular complexity index is 1260. The van der Waals surface area contributed by atoms with Gasteiger partial charge in [-0.1, -0.05) is 23.7 Å². The molecule has 2 aromatic carbocycles. The Morgan fingerprint density at radius 2 is 1.79 bits per heavy atom. The van der Waals surface area contributed by atoms with Gasteiger partial charge in [-0.3, -0.25) is 4.79 Å². The SMILES string of the molecule is O=C(c1cc(F)cc2[nH]c(=S)[nH]c12)N1CCN(S(=O)(=O)c2ccccc2Cl)CC1. The van der Waals surface area contributed by atoms with Crippen LogP contribution < -0.4 is 0 Å². The van der Waals surface area contributed by atoms with Gasteiger partial charge in [-0.15, -0.1) is 0 Å². The molecule has 0 spiro atoms.